The lowest BCUT2D eigenvalue weighted by Gasteiger charge is -2.41. The molecule has 2 aromatic carbocycles. The lowest BCUT2D eigenvalue weighted by molar-refractivity contribution is -0.384. The molecule has 0 saturated heterocycles. The summed E-state index contributed by atoms with van der Waals surface area (Å²) in [5.74, 6) is 0.816. The Kier molecular flexibility index (Phi) is 2.61. The number of hydrogen-bond acceptors (Lipinski definition) is 4. The largest absolute Gasteiger partial charge is 0.475 e. The van der Waals surface area contributed by atoms with Crippen molar-refractivity contribution in [2.45, 2.75) is 25.0 Å². The highest BCUT2D eigenvalue weighted by Gasteiger charge is 2.54. The molecular formula is C18H16N2O3. The van der Waals surface area contributed by atoms with E-state index in [1.54, 1.807) is 12.1 Å². The molecule has 23 heavy (non-hydrogen) atoms. The number of nitrogens with one attached hydrogen (secondary N) is 1. The van der Waals surface area contributed by atoms with Gasteiger partial charge in [-0.05, 0) is 32.1 Å². The van der Waals surface area contributed by atoms with E-state index in [1.165, 1.54) is 6.07 Å². The molecule has 0 saturated carbocycles. The molecule has 5 heteroatoms. The molecule has 0 aliphatic carbocycles. The smallest absolute Gasteiger partial charge is 0.271 e. The molecule has 1 spiro atoms. The van der Waals surface area contributed by atoms with Crippen molar-refractivity contribution in [3.05, 3.63) is 69.8 Å². The van der Waals surface area contributed by atoms with Crippen LogP contribution in [0.4, 0.5) is 11.4 Å². The van der Waals surface area contributed by atoms with Gasteiger partial charge in [0, 0.05) is 28.9 Å². The Morgan fingerprint density at radius 3 is 2.74 bits per heavy atom. The van der Waals surface area contributed by atoms with Gasteiger partial charge in [-0.2, -0.15) is 0 Å². The Morgan fingerprint density at radius 1 is 1.17 bits per heavy atom. The monoisotopic (exact) mass is 308 g/mol. The molecule has 5 nitrogen and oxygen atoms in total. The van der Waals surface area contributed by atoms with Crippen LogP contribution in [0.1, 0.15) is 25.0 Å². The van der Waals surface area contributed by atoms with Crippen molar-refractivity contribution in [1.82, 2.24) is 0 Å². The molecule has 1 N–H and O–H groups in total. The number of nitro groups is 1. The van der Waals surface area contributed by atoms with Gasteiger partial charge in [0.15, 0.2) is 5.60 Å². The van der Waals surface area contributed by atoms with E-state index in [0.717, 1.165) is 22.6 Å². The maximum Gasteiger partial charge on any atom is 0.271 e. The average Bonchev–Trinajstić information content (AvgIpc) is 2.73. The van der Waals surface area contributed by atoms with Crippen LogP contribution in [0.15, 0.2) is 48.5 Å². The summed E-state index contributed by atoms with van der Waals surface area (Å²) < 4.78 is 6.40. The van der Waals surface area contributed by atoms with Crippen LogP contribution in [-0.4, -0.2) is 10.5 Å². The predicted molar refractivity (Wildman–Crippen MR) is 88.6 cm³/mol. The summed E-state index contributed by atoms with van der Waals surface area (Å²) in [6, 6.07) is 12.8. The maximum absolute atomic E-state index is 11.0. The summed E-state index contributed by atoms with van der Waals surface area (Å²) in [6.07, 6.45) is 4.10. The van der Waals surface area contributed by atoms with Crippen LogP contribution in [0.5, 0.6) is 5.75 Å². The molecule has 1 atom stereocenters. The van der Waals surface area contributed by atoms with Crippen molar-refractivity contribution in [2.24, 2.45) is 0 Å². The SMILES string of the molecule is CC1(C)Nc2cc([N+](=O)[O-])ccc2C12C=Cc1ccccc1O2. The normalized spacial score (nSPS) is 22.9. The third-order valence-corrected chi connectivity index (χ3v) is 4.68. The molecule has 2 aromatic rings. The number of rotatable bonds is 1. The van der Waals surface area contributed by atoms with Gasteiger partial charge in [0.25, 0.3) is 5.69 Å². The quantitative estimate of drug-likeness (QED) is 0.636. The summed E-state index contributed by atoms with van der Waals surface area (Å²) in [4.78, 5) is 10.6. The Bertz CT molecular complexity index is 857. The number of fused-ring (bicyclic) bond motifs is 3. The van der Waals surface area contributed by atoms with Crippen molar-refractivity contribution in [2.75, 3.05) is 5.32 Å². The Balaban J connectivity index is 1.89. The van der Waals surface area contributed by atoms with Crippen LogP contribution in [0, 0.1) is 10.1 Å². The van der Waals surface area contributed by atoms with Crippen LogP contribution in [0.25, 0.3) is 6.08 Å². The molecule has 0 bridgehead atoms. The summed E-state index contributed by atoms with van der Waals surface area (Å²) >= 11 is 0. The van der Waals surface area contributed by atoms with E-state index in [4.69, 9.17) is 4.74 Å². The fourth-order valence-corrected chi connectivity index (χ4v) is 3.45. The number of hydrogen-bond donors (Lipinski definition) is 1. The van der Waals surface area contributed by atoms with Gasteiger partial charge in [0.2, 0.25) is 0 Å². The van der Waals surface area contributed by atoms with E-state index in [1.807, 2.05) is 44.2 Å². The zero-order valence-corrected chi connectivity index (χ0v) is 12.9. The molecule has 0 amide bonds. The van der Waals surface area contributed by atoms with Gasteiger partial charge in [-0.1, -0.05) is 24.3 Å². The standard InChI is InChI=1S/C18H16N2O3/c1-17(2)18(10-9-12-5-3-4-6-16(12)23-18)14-8-7-13(20(21)22)11-15(14)19-17/h3-11,19H,1-2H3. The van der Waals surface area contributed by atoms with E-state index >= 15 is 0 Å². The van der Waals surface area contributed by atoms with E-state index < -0.39 is 11.1 Å². The molecule has 0 radical (unpaired) electrons. The summed E-state index contributed by atoms with van der Waals surface area (Å²) in [5, 5.41) is 14.4. The third kappa shape index (κ3) is 1.79. The second-order valence-electron chi connectivity index (χ2n) is 6.45. The van der Waals surface area contributed by atoms with Gasteiger partial charge in [-0.15, -0.1) is 0 Å². The summed E-state index contributed by atoms with van der Waals surface area (Å²) in [7, 11) is 0. The highest BCUT2D eigenvalue weighted by atomic mass is 16.6. The van der Waals surface area contributed by atoms with Gasteiger partial charge in [0.1, 0.15) is 5.75 Å². The molecule has 2 aliphatic heterocycles. The maximum atomic E-state index is 11.0. The predicted octanol–water partition coefficient (Wildman–Crippen LogP) is 4.10. The van der Waals surface area contributed by atoms with Crippen LogP contribution >= 0.6 is 0 Å². The molecule has 0 fully saturated rings. The summed E-state index contributed by atoms with van der Waals surface area (Å²) in [6.45, 7) is 4.08. The van der Waals surface area contributed by atoms with Crippen LogP contribution in [0.3, 0.4) is 0 Å². The second kappa shape index (κ2) is 4.35. The van der Waals surface area contributed by atoms with Gasteiger partial charge in [-0.25, -0.2) is 0 Å². The highest BCUT2D eigenvalue weighted by Crippen LogP contribution is 2.52. The van der Waals surface area contributed by atoms with E-state index in [9.17, 15) is 10.1 Å². The Hall–Kier alpha value is -2.82. The number of ether oxygens (including phenoxy) is 1. The number of benzene rings is 2. The number of anilines is 1. The van der Waals surface area contributed by atoms with E-state index in [0.29, 0.717) is 0 Å². The first-order chi connectivity index (χ1) is 10.9. The number of para-hydroxylation sites is 1. The zero-order valence-electron chi connectivity index (χ0n) is 12.9. The average molecular weight is 308 g/mol. The summed E-state index contributed by atoms with van der Waals surface area (Å²) in [5.41, 5.74) is 1.64. The first-order valence-electron chi connectivity index (χ1n) is 7.47. The fraction of sp³-hybridized carbons (Fsp3) is 0.222. The van der Waals surface area contributed by atoms with Crippen molar-refractivity contribution < 1.29 is 9.66 Å². The lowest BCUT2D eigenvalue weighted by atomic mass is 9.78. The molecule has 116 valence electrons. The van der Waals surface area contributed by atoms with E-state index in [2.05, 4.69) is 11.4 Å². The van der Waals surface area contributed by atoms with Gasteiger partial charge >= 0.3 is 0 Å². The first-order valence-corrected chi connectivity index (χ1v) is 7.47. The highest BCUT2D eigenvalue weighted by molar-refractivity contribution is 5.72. The van der Waals surface area contributed by atoms with Gasteiger partial charge in [-0.3, -0.25) is 10.1 Å². The number of nitro benzene ring substituents is 1. The lowest BCUT2D eigenvalue weighted by Crippen LogP contribution is -2.51. The van der Waals surface area contributed by atoms with Crippen LogP contribution in [0.2, 0.25) is 0 Å². The molecule has 2 aliphatic rings. The molecule has 4 rings (SSSR count). The molecule has 1 unspecified atom stereocenters. The van der Waals surface area contributed by atoms with Crippen molar-refractivity contribution in [3.63, 3.8) is 0 Å². The minimum atomic E-state index is -0.689. The Labute approximate surface area is 133 Å². The van der Waals surface area contributed by atoms with Gasteiger partial charge in [0.05, 0.1) is 10.5 Å². The van der Waals surface area contributed by atoms with Crippen molar-refractivity contribution in [3.8, 4) is 5.75 Å². The fourth-order valence-electron chi connectivity index (χ4n) is 3.45. The molecular weight excluding hydrogens is 292 g/mol. The third-order valence-electron chi connectivity index (χ3n) is 4.68. The second-order valence-corrected chi connectivity index (χ2v) is 6.45. The van der Waals surface area contributed by atoms with Crippen molar-refractivity contribution >= 4 is 17.5 Å². The van der Waals surface area contributed by atoms with Crippen LogP contribution < -0.4 is 10.1 Å². The molecule has 0 aromatic heterocycles. The van der Waals surface area contributed by atoms with Gasteiger partial charge < -0.3 is 10.1 Å². The first kappa shape index (κ1) is 13.8. The number of non-ortho nitro benzene ring substituents is 1. The topological polar surface area (TPSA) is 64.4 Å². The Morgan fingerprint density at radius 2 is 1.96 bits per heavy atom. The van der Waals surface area contributed by atoms with Crippen LogP contribution in [-0.2, 0) is 5.60 Å². The molecule has 2 heterocycles. The van der Waals surface area contributed by atoms with Crippen molar-refractivity contribution in [1.29, 1.82) is 0 Å². The minimum absolute atomic E-state index is 0.0734. The minimum Gasteiger partial charge on any atom is -0.475 e. The number of nitrogens with zero attached hydrogens (tertiary/aromatic N) is 1. The zero-order chi connectivity index (χ0) is 16.2. The van der Waals surface area contributed by atoms with E-state index in [-0.39, 0.29) is 10.6 Å².